The largest absolute Gasteiger partial charge is 0.252 e. The smallest absolute Gasteiger partial charge is 0.0862 e. The highest BCUT2D eigenvalue weighted by molar-refractivity contribution is 9.10. The molecule has 0 aliphatic rings. The molecule has 1 aromatic heterocycles. The summed E-state index contributed by atoms with van der Waals surface area (Å²) < 4.78 is 1.01. The first-order valence-corrected chi connectivity index (χ1v) is 6.46. The van der Waals surface area contributed by atoms with Crippen molar-refractivity contribution in [3.8, 4) is 0 Å². The number of nitrogens with zero attached hydrogens (tertiary/aromatic N) is 1. The molecule has 2 aromatic rings. The summed E-state index contributed by atoms with van der Waals surface area (Å²) in [4.78, 5) is 4.62. The minimum absolute atomic E-state index is 0.842. The second-order valence-electron chi connectivity index (χ2n) is 3.99. The van der Waals surface area contributed by atoms with E-state index in [0.717, 1.165) is 38.1 Å². The van der Waals surface area contributed by atoms with Gasteiger partial charge >= 0.3 is 0 Å². The van der Waals surface area contributed by atoms with Gasteiger partial charge in [-0.2, -0.15) is 0 Å². The van der Waals surface area contributed by atoms with E-state index in [9.17, 15) is 0 Å². The van der Waals surface area contributed by atoms with E-state index in [-0.39, 0.29) is 0 Å². The van der Waals surface area contributed by atoms with Gasteiger partial charge in [0.15, 0.2) is 0 Å². The number of aryl methyl sites for hydroxylation is 2. The molecule has 0 fully saturated rings. The van der Waals surface area contributed by atoms with Crippen molar-refractivity contribution < 1.29 is 0 Å². The molecule has 0 N–H and O–H groups in total. The van der Waals surface area contributed by atoms with Crippen molar-refractivity contribution in [2.24, 2.45) is 0 Å². The van der Waals surface area contributed by atoms with E-state index in [1.54, 1.807) is 0 Å². The predicted octanol–water partition coefficient (Wildman–Crippen LogP) is 4.83. The highest BCUT2D eigenvalue weighted by Gasteiger charge is 2.11. The lowest BCUT2D eigenvalue weighted by atomic mass is 10.1. The summed E-state index contributed by atoms with van der Waals surface area (Å²) >= 11 is 9.97. The minimum Gasteiger partial charge on any atom is -0.252 e. The van der Waals surface area contributed by atoms with Gasteiger partial charge in [-0.25, -0.2) is 0 Å². The van der Waals surface area contributed by atoms with Gasteiger partial charge in [0.05, 0.1) is 10.5 Å². The zero-order chi connectivity index (χ0) is 11.9. The number of pyridine rings is 1. The molecule has 0 saturated carbocycles. The molecule has 0 atom stereocenters. The zero-order valence-corrected chi connectivity index (χ0v) is 11.9. The first-order valence-electron chi connectivity index (χ1n) is 5.29. The average Bonchev–Trinajstić information content (AvgIpc) is 2.21. The number of hydrogen-bond acceptors (Lipinski definition) is 1. The Bertz CT molecular complexity index is 564. The van der Waals surface area contributed by atoms with Crippen LogP contribution in [0.15, 0.2) is 16.6 Å². The van der Waals surface area contributed by atoms with E-state index < -0.39 is 0 Å². The molecule has 0 aliphatic carbocycles. The van der Waals surface area contributed by atoms with Gasteiger partial charge in [-0.05, 0) is 59.5 Å². The summed E-state index contributed by atoms with van der Waals surface area (Å²) in [7, 11) is 0. The number of benzene rings is 1. The number of hydrogen-bond donors (Lipinski definition) is 0. The number of fused-ring (bicyclic) bond motifs is 1. The fraction of sp³-hybridized carbons (Fsp3) is 0.308. The monoisotopic (exact) mass is 297 g/mol. The van der Waals surface area contributed by atoms with Crippen LogP contribution >= 0.6 is 27.5 Å². The lowest BCUT2D eigenvalue weighted by Crippen LogP contribution is -1.95. The Hall–Kier alpha value is -0.600. The Morgan fingerprint density at radius 3 is 2.62 bits per heavy atom. The quantitative estimate of drug-likeness (QED) is 0.735. The Balaban J connectivity index is 2.93. The molecule has 1 aromatic carbocycles. The van der Waals surface area contributed by atoms with Crippen LogP contribution in [0.4, 0.5) is 0 Å². The van der Waals surface area contributed by atoms with Crippen LogP contribution in [0.1, 0.15) is 23.7 Å². The molecule has 0 spiro atoms. The van der Waals surface area contributed by atoms with Gasteiger partial charge in [-0.15, -0.1) is 0 Å². The zero-order valence-electron chi connectivity index (χ0n) is 9.56. The number of halogens is 2. The van der Waals surface area contributed by atoms with Gasteiger partial charge in [0.2, 0.25) is 0 Å². The van der Waals surface area contributed by atoms with E-state index in [0.29, 0.717) is 0 Å². The van der Waals surface area contributed by atoms with Crippen molar-refractivity contribution in [1.29, 1.82) is 0 Å². The van der Waals surface area contributed by atoms with E-state index in [4.69, 9.17) is 11.6 Å². The van der Waals surface area contributed by atoms with Crippen molar-refractivity contribution in [2.75, 3.05) is 0 Å². The number of aromatic nitrogens is 1. The Morgan fingerprint density at radius 2 is 2.00 bits per heavy atom. The average molecular weight is 299 g/mol. The van der Waals surface area contributed by atoms with E-state index >= 15 is 0 Å². The fourth-order valence-corrected chi connectivity index (χ4v) is 3.06. The summed E-state index contributed by atoms with van der Waals surface area (Å²) in [5.74, 6) is 0. The Morgan fingerprint density at radius 1 is 1.31 bits per heavy atom. The van der Waals surface area contributed by atoms with Crippen molar-refractivity contribution >= 4 is 38.4 Å². The summed E-state index contributed by atoms with van der Waals surface area (Å²) in [5, 5.41) is 1.88. The molecule has 84 valence electrons. The van der Waals surface area contributed by atoms with E-state index in [2.05, 4.69) is 46.9 Å². The third kappa shape index (κ3) is 1.85. The van der Waals surface area contributed by atoms with E-state index in [1.807, 2.05) is 6.92 Å². The van der Waals surface area contributed by atoms with Gasteiger partial charge in [0.25, 0.3) is 0 Å². The predicted molar refractivity (Wildman–Crippen MR) is 73.3 cm³/mol. The summed E-state index contributed by atoms with van der Waals surface area (Å²) in [6.07, 6.45) is 0.916. The second kappa shape index (κ2) is 4.34. The highest BCUT2D eigenvalue weighted by Crippen LogP contribution is 2.33. The van der Waals surface area contributed by atoms with Crippen LogP contribution in [0.25, 0.3) is 10.9 Å². The van der Waals surface area contributed by atoms with Gasteiger partial charge in [-0.3, -0.25) is 4.98 Å². The third-order valence-electron chi connectivity index (χ3n) is 2.78. The normalized spacial score (nSPS) is 11.1. The highest BCUT2D eigenvalue weighted by atomic mass is 79.9. The lowest BCUT2D eigenvalue weighted by Gasteiger charge is -2.11. The molecule has 16 heavy (non-hydrogen) atoms. The maximum atomic E-state index is 6.43. The van der Waals surface area contributed by atoms with Crippen molar-refractivity contribution in [3.63, 3.8) is 0 Å². The van der Waals surface area contributed by atoms with Crippen molar-refractivity contribution in [1.82, 2.24) is 4.98 Å². The molecular weight excluding hydrogens is 286 g/mol. The maximum absolute atomic E-state index is 6.43. The van der Waals surface area contributed by atoms with Crippen molar-refractivity contribution in [3.05, 3.63) is 38.4 Å². The molecule has 0 bridgehead atoms. The SMILES string of the molecule is CCc1c(C)nc2c(Br)cc(C)cc2c1Cl. The summed E-state index contributed by atoms with van der Waals surface area (Å²) in [6, 6.07) is 4.16. The molecular formula is C13H13BrClN. The van der Waals surface area contributed by atoms with Crippen LogP contribution in [0.3, 0.4) is 0 Å². The van der Waals surface area contributed by atoms with Crippen molar-refractivity contribution in [2.45, 2.75) is 27.2 Å². The first kappa shape index (κ1) is 11.9. The van der Waals surface area contributed by atoms with Gasteiger partial charge in [0.1, 0.15) is 0 Å². The molecule has 0 radical (unpaired) electrons. The molecule has 1 nitrogen and oxygen atoms in total. The molecule has 1 heterocycles. The fourth-order valence-electron chi connectivity index (χ4n) is 1.98. The second-order valence-corrected chi connectivity index (χ2v) is 5.22. The summed E-state index contributed by atoms with van der Waals surface area (Å²) in [5.41, 5.74) is 4.30. The maximum Gasteiger partial charge on any atom is 0.0862 e. The van der Waals surface area contributed by atoms with Crippen LogP contribution in [0.2, 0.25) is 5.02 Å². The van der Waals surface area contributed by atoms with Crippen LogP contribution in [-0.4, -0.2) is 4.98 Å². The lowest BCUT2D eigenvalue weighted by molar-refractivity contribution is 1.07. The van der Waals surface area contributed by atoms with Gasteiger partial charge < -0.3 is 0 Å². The minimum atomic E-state index is 0.842. The van der Waals surface area contributed by atoms with Gasteiger partial charge in [-0.1, -0.05) is 18.5 Å². The van der Waals surface area contributed by atoms with Gasteiger partial charge in [0, 0.05) is 15.6 Å². The van der Waals surface area contributed by atoms with Crippen LogP contribution < -0.4 is 0 Å². The topological polar surface area (TPSA) is 12.9 Å². The molecule has 0 amide bonds. The molecule has 0 aliphatic heterocycles. The third-order valence-corrected chi connectivity index (χ3v) is 3.82. The van der Waals surface area contributed by atoms with E-state index in [1.165, 1.54) is 5.56 Å². The Labute approximate surface area is 109 Å². The number of rotatable bonds is 1. The van der Waals surface area contributed by atoms with Crippen LogP contribution in [0, 0.1) is 13.8 Å². The summed E-state index contributed by atoms with van der Waals surface area (Å²) in [6.45, 7) is 6.18. The Kier molecular flexibility index (Phi) is 3.22. The molecule has 2 rings (SSSR count). The standard InChI is InChI=1S/C13H13BrClN/c1-4-9-8(3)16-13-10(12(9)15)5-7(2)6-11(13)14/h5-6H,4H2,1-3H3. The van der Waals surface area contributed by atoms with Crippen LogP contribution in [0.5, 0.6) is 0 Å². The molecule has 0 saturated heterocycles. The first-order chi connectivity index (χ1) is 7.54. The molecule has 0 unspecified atom stereocenters. The van der Waals surface area contributed by atoms with Crippen LogP contribution in [-0.2, 0) is 6.42 Å². The molecule has 3 heteroatoms.